The summed E-state index contributed by atoms with van der Waals surface area (Å²) in [4.78, 5) is 11.9. The molecule has 2 fully saturated rings. The van der Waals surface area contributed by atoms with Gasteiger partial charge in [-0.3, -0.25) is 4.79 Å². The summed E-state index contributed by atoms with van der Waals surface area (Å²) in [7, 11) is 0. The van der Waals surface area contributed by atoms with E-state index in [2.05, 4.69) is 10.6 Å². The number of nitrogens with one attached hydrogen (secondary N) is 2. The molecule has 0 aromatic heterocycles. The van der Waals surface area contributed by atoms with Crippen molar-refractivity contribution in [3.8, 4) is 0 Å². The van der Waals surface area contributed by atoms with Crippen molar-refractivity contribution < 1.29 is 4.79 Å². The fraction of sp³-hybridized carbons (Fsp3) is 0.923. The van der Waals surface area contributed by atoms with Gasteiger partial charge < -0.3 is 10.6 Å². The van der Waals surface area contributed by atoms with Crippen molar-refractivity contribution in [1.82, 2.24) is 10.6 Å². The first-order valence-corrected chi connectivity index (χ1v) is 8.10. The van der Waals surface area contributed by atoms with Crippen LogP contribution in [0.1, 0.15) is 38.5 Å². The topological polar surface area (TPSA) is 41.1 Å². The van der Waals surface area contributed by atoms with Gasteiger partial charge in [0, 0.05) is 24.6 Å². The summed E-state index contributed by atoms with van der Waals surface area (Å²) in [6.45, 7) is 1.83. The van der Waals surface area contributed by atoms with Crippen LogP contribution in [0.4, 0.5) is 0 Å². The average molecular weight is 256 g/mol. The van der Waals surface area contributed by atoms with E-state index in [1.165, 1.54) is 38.5 Å². The van der Waals surface area contributed by atoms with Crippen molar-refractivity contribution in [2.24, 2.45) is 5.92 Å². The normalized spacial score (nSPS) is 26.7. The Bertz CT molecular complexity index is 236. The van der Waals surface area contributed by atoms with Gasteiger partial charge in [0.05, 0.1) is 6.04 Å². The summed E-state index contributed by atoms with van der Waals surface area (Å²) >= 11 is 1.87. The molecule has 2 aliphatic rings. The number of hydrogen-bond donors (Lipinski definition) is 2. The van der Waals surface area contributed by atoms with E-state index in [0.717, 1.165) is 30.5 Å². The van der Waals surface area contributed by atoms with Crippen molar-refractivity contribution in [3.05, 3.63) is 0 Å². The van der Waals surface area contributed by atoms with Crippen LogP contribution < -0.4 is 10.6 Å². The summed E-state index contributed by atoms with van der Waals surface area (Å²) in [6, 6.07) is 0.0418. The van der Waals surface area contributed by atoms with E-state index >= 15 is 0 Å². The lowest BCUT2D eigenvalue weighted by molar-refractivity contribution is -0.122. The van der Waals surface area contributed by atoms with Crippen LogP contribution in [0.25, 0.3) is 0 Å². The second kappa shape index (κ2) is 7.27. The predicted molar refractivity (Wildman–Crippen MR) is 73.3 cm³/mol. The van der Waals surface area contributed by atoms with E-state index < -0.39 is 0 Å². The lowest BCUT2D eigenvalue weighted by Crippen LogP contribution is -2.49. The zero-order chi connectivity index (χ0) is 11.9. The summed E-state index contributed by atoms with van der Waals surface area (Å²) in [5.41, 5.74) is 0. The van der Waals surface area contributed by atoms with E-state index in [4.69, 9.17) is 0 Å². The van der Waals surface area contributed by atoms with Crippen molar-refractivity contribution in [2.75, 3.05) is 24.6 Å². The second-order valence-corrected chi connectivity index (χ2v) is 6.32. The Labute approximate surface area is 108 Å². The molecule has 1 heterocycles. The van der Waals surface area contributed by atoms with Crippen LogP contribution >= 0.6 is 11.8 Å². The first-order chi connectivity index (χ1) is 8.36. The van der Waals surface area contributed by atoms with Gasteiger partial charge in [0.2, 0.25) is 5.91 Å². The fourth-order valence-electron chi connectivity index (χ4n) is 2.73. The molecule has 1 saturated carbocycles. The molecule has 2 rings (SSSR count). The minimum atomic E-state index is 0.0418. The number of thioether (sulfide) groups is 1. The van der Waals surface area contributed by atoms with Crippen LogP contribution in [0.15, 0.2) is 0 Å². The van der Waals surface area contributed by atoms with Gasteiger partial charge in [-0.15, -0.1) is 0 Å². The molecule has 0 aromatic rings. The van der Waals surface area contributed by atoms with Crippen LogP contribution in [0.5, 0.6) is 0 Å². The average Bonchev–Trinajstić information content (AvgIpc) is 2.41. The molecule has 0 spiro atoms. The lowest BCUT2D eigenvalue weighted by atomic mass is 9.87. The van der Waals surface area contributed by atoms with Gasteiger partial charge in [-0.1, -0.05) is 32.1 Å². The summed E-state index contributed by atoms with van der Waals surface area (Å²) in [6.07, 6.45) is 8.09. The Morgan fingerprint density at radius 2 is 2.12 bits per heavy atom. The van der Waals surface area contributed by atoms with E-state index in [9.17, 15) is 4.79 Å². The Morgan fingerprint density at radius 1 is 1.29 bits per heavy atom. The molecular weight excluding hydrogens is 232 g/mol. The standard InChI is InChI=1S/C13H24N2OS/c16-13(12-10-17-9-8-14-12)15-7-6-11-4-2-1-3-5-11/h11-12,14H,1-10H2,(H,15,16). The molecule has 0 radical (unpaired) electrons. The molecule has 1 amide bonds. The Balaban J connectivity index is 1.58. The molecule has 0 aromatic carbocycles. The van der Waals surface area contributed by atoms with Gasteiger partial charge in [0.25, 0.3) is 0 Å². The molecule has 2 N–H and O–H groups in total. The fourth-order valence-corrected chi connectivity index (χ4v) is 3.67. The highest BCUT2D eigenvalue weighted by Crippen LogP contribution is 2.25. The van der Waals surface area contributed by atoms with Gasteiger partial charge in [-0.25, -0.2) is 0 Å². The van der Waals surface area contributed by atoms with Gasteiger partial charge in [0.1, 0.15) is 0 Å². The molecule has 1 atom stereocenters. The highest BCUT2D eigenvalue weighted by Gasteiger charge is 2.20. The monoisotopic (exact) mass is 256 g/mol. The molecule has 4 heteroatoms. The second-order valence-electron chi connectivity index (χ2n) is 5.17. The zero-order valence-corrected chi connectivity index (χ0v) is 11.4. The molecule has 1 aliphatic heterocycles. The minimum absolute atomic E-state index is 0.0418. The number of hydrogen-bond acceptors (Lipinski definition) is 3. The number of carbonyl (C=O) groups is 1. The number of rotatable bonds is 4. The summed E-state index contributed by atoms with van der Waals surface area (Å²) in [5, 5.41) is 6.36. The van der Waals surface area contributed by atoms with E-state index in [-0.39, 0.29) is 11.9 Å². The van der Waals surface area contributed by atoms with Gasteiger partial charge >= 0.3 is 0 Å². The van der Waals surface area contributed by atoms with Crippen LogP contribution in [0.2, 0.25) is 0 Å². The molecule has 1 saturated heterocycles. The molecular formula is C13H24N2OS. The molecule has 1 unspecified atom stereocenters. The number of amides is 1. The SMILES string of the molecule is O=C(NCCC1CCCCC1)C1CSCCN1. The van der Waals surface area contributed by atoms with Crippen molar-refractivity contribution in [3.63, 3.8) is 0 Å². The maximum atomic E-state index is 11.9. The molecule has 98 valence electrons. The van der Waals surface area contributed by atoms with Crippen molar-refractivity contribution in [1.29, 1.82) is 0 Å². The van der Waals surface area contributed by atoms with E-state index in [1.54, 1.807) is 0 Å². The highest BCUT2D eigenvalue weighted by atomic mass is 32.2. The predicted octanol–water partition coefficient (Wildman–Crippen LogP) is 1.78. The third-order valence-electron chi connectivity index (χ3n) is 3.81. The maximum absolute atomic E-state index is 11.9. The third kappa shape index (κ3) is 4.51. The molecule has 3 nitrogen and oxygen atoms in total. The Hall–Kier alpha value is -0.220. The number of carbonyl (C=O) groups excluding carboxylic acids is 1. The quantitative estimate of drug-likeness (QED) is 0.805. The van der Waals surface area contributed by atoms with Crippen molar-refractivity contribution in [2.45, 2.75) is 44.6 Å². The molecule has 0 bridgehead atoms. The van der Waals surface area contributed by atoms with Crippen LogP contribution in [0, 0.1) is 5.92 Å². The van der Waals surface area contributed by atoms with Crippen molar-refractivity contribution >= 4 is 17.7 Å². The lowest BCUT2D eigenvalue weighted by Gasteiger charge is -2.24. The Kier molecular flexibility index (Phi) is 5.65. The van der Waals surface area contributed by atoms with Crippen LogP contribution in [0.3, 0.4) is 0 Å². The Morgan fingerprint density at radius 3 is 2.82 bits per heavy atom. The minimum Gasteiger partial charge on any atom is -0.355 e. The van der Waals surface area contributed by atoms with Gasteiger partial charge in [0.15, 0.2) is 0 Å². The van der Waals surface area contributed by atoms with E-state index in [1.807, 2.05) is 11.8 Å². The van der Waals surface area contributed by atoms with E-state index in [0.29, 0.717) is 0 Å². The maximum Gasteiger partial charge on any atom is 0.237 e. The largest absolute Gasteiger partial charge is 0.355 e. The first-order valence-electron chi connectivity index (χ1n) is 6.95. The molecule has 1 aliphatic carbocycles. The van der Waals surface area contributed by atoms with Gasteiger partial charge in [-0.2, -0.15) is 11.8 Å². The van der Waals surface area contributed by atoms with Gasteiger partial charge in [-0.05, 0) is 12.3 Å². The van der Waals surface area contributed by atoms with Crippen LogP contribution in [-0.4, -0.2) is 36.5 Å². The summed E-state index contributed by atoms with van der Waals surface area (Å²) < 4.78 is 0. The first kappa shape index (κ1) is 13.2. The van der Waals surface area contributed by atoms with Crippen LogP contribution in [-0.2, 0) is 4.79 Å². The zero-order valence-electron chi connectivity index (χ0n) is 10.5. The summed E-state index contributed by atoms with van der Waals surface area (Å²) in [5.74, 6) is 3.12. The highest BCUT2D eigenvalue weighted by molar-refractivity contribution is 7.99. The smallest absolute Gasteiger partial charge is 0.237 e. The molecule has 17 heavy (non-hydrogen) atoms. The third-order valence-corrected chi connectivity index (χ3v) is 4.88.